The second-order valence-corrected chi connectivity index (χ2v) is 2.02. The summed E-state index contributed by atoms with van der Waals surface area (Å²) in [7, 11) is 0. The smallest absolute Gasteiger partial charge is 0.247 e. The fourth-order valence-electron chi connectivity index (χ4n) is 0.622. The Bertz CT molecular complexity index is 154. The molecule has 64 valence electrons. The van der Waals surface area contributed by atoms with Crippen LogP contribution in [-0.2, 0) is 4.79 Å². The van der Waals surface area contributed by atoms with Crippen LogP contribution in [0.25, 0.3) is 0 Å². The summed E-state index contributed by atoms with van der Waals surface area (Å²) in [6.07, 6.45) is 1.34. The average Bonchev–Trinajstić information content (AvgIpc) is 1.87. The van der Waals surface area contributed by atoms with Crippen molar-refractivity contribution in [3.63, 3.8) is 0 Å². The summed E-state index contributed by atoms with van der Waals surface area (Å²) in [6.45, 7) is 5.12. The standard InChI is InChI=1S/C7H15N3O/c1-3-9-6(8)5-7(11)10-4-2/h5,9H,3-4,8H2,1-2H3,(H,10,11)/b6-5-. The third-order valence-electron chi connectivity index (χ3n) is 1.02. The molecule has 0 aliphatic heterocycles. The van der Waals surface area contributed by atoms with E-state index >= 15 is 0 Å². The Morgan fingerprint density at radius 3 is 2.36 bits per heavy atom. The van der Waals surface area contributed by atoms with Crippen molar-refractivity contribution in [1.29, 1.82) is 0 Å². The van der Waals surface area contributed by atoms with Crippen LogP contribution in [0.1, 0.15) is 13.8 Å². The van der Waals surface area contributed by atoms with Crippen molar-refractivity contribution in [2.45, 2.75) is 13.8 Å². The van der Waals surface area contributed by atoms with E-state index in [0.717, 1.165) is 6.54 Å². The molecule has 0 rings (SSSR count). The number of amides is 1. The lowest BCUT2D eigenvalue weighted by atomic mass is 10.5. The Hall–Kier alpha value is -1.19. The number of carbonyl (C=O) groups excluding carboxylic acids is 1. The van der Waals surface area contributed by atoms with Crippen molar-refractivity contribution in [3.8, 4) is 0 Å². The van der Waals surface area contributed by atoms with Gasteiger partial charge in [-0.1, -0.05) is 0 Å². The molecule has 11 heavy (non-hydrogen) atoms. The predicted octanol–water partition coefficient (Wildman–Crippen LogP) is -0.468. The molecule has 0 aromatic rings. The number of likely N-dealkylation sites (N-methyl/N-ethyl adjacent to an activating group) is 1. The minimum absolute atomic E-state index is 0.161. The van der Waals surface area contributed by atoms with E-state index in [9.17, 15) is 4.79 Å². The zero-order chi connectivity index (χ0) is 8.69. The van der Waals surface area contributed by atoms with Crippen LogP contribution in [0.15, 0.2) is 11.9 Å². The number of hydrogen-bond donors (Lipinski definition) is 3. The van der Waals surface area contributed by atoms with Gasteiger partial charge in [-0.2, -0.15) is 0 Å². The molecule has 0 bridgehead atoms. The maximum atomic E-state index is 10.8. The largest absolute Gasteiger partial charge is 0.385 e. The van der Waals surface area contributed by atoms with Gasteiger partial charge in [0.05, 0.1) is 0 Å². The molecule has 4 heteroatoms. The lowest BCUT2D eigenvalue weighted by Gasteiger charge is -2.01. The first-order valence-electron chi connectivity index (χ1n) is 3.69. The molecule has 1 amide bonds. The maximum Gasteiger partial charge on any atom is 0.247 e. The topological polar surface area (TPSA) is 67.2 Å². The minimum Gasteiger partial charge on any atom is -0.385 e. The molecular formula is C7H15N3O. The molecule has 0 saturated carbocycles. The van der Waals surface area contributed by atoms with E-state index in [0.29, 0.717) is 12.4 Å². The summed E-state index contributed by atoms with van der Waals surface area (Å²) in [6, 6.07) is 0. The molecule has 0 aromatic heterocycles. The molecule has 0 unspecified atom stereocenters. The van der Waals surface area contributed by atoms with Gasteiger partial charge in [0, 0.05) is 19.2 Å². The highest BCUT2D eigenvalue weighted by Crippen LogP contribution is 1.76. The van der Waals surface area contributed by atoms with Crippen LogP contribution in [0.4, 0.5) is 0 Å². The van der Waals surface area contributed by atoms with Gasteiger partial charge in [0.2, 0.25) is 5.91 Å². The molecule has 0 aliphatic carbocycles. The fraction of sp³-hybridized carbons (Fsp3) is 0.571. The highest BCUT2D eigenvalue weighted by atomic mass is 16.1. The molecule has 0 heterocycles. The summed E-state index contributed by atoms with van der Waals surface area (Å²) in [5, 5.41) is 5.41. The molecule has 4 N–H and O–H groups in total. The molecule has 0 radical (unpaired) electrons. The summed E-state index contributed by atoms with van der Waals surface area (Å²) in [5.74, 6) is 0.240. The molecule has 0 spiro atoms. The first kappa shape index (κ1) is 9.81. The van der Waals surface area contributed by atoms with Crippen molar-refractivity contribution in [2.75, 3.05) is 13.1 Å². The average molecular weight is 157 g/mol. The van der Waals surface area contributed by atoms with Gasteiger partial charge in [-0.25, -0.2) is 0 Å². The summed E-state index contributed by atoms with van der Waals surface area (Å²) >= 11 is 0. The van der Waals surface area contributed by atoms with Gasteiger partial charge in [-0.3, -0.25) is 4.79 Å². The van der Waals surface area contributed by atoms with E-state index in [2.05, 4.69) is 10.6 Å². The Morgan fingerprint density at radius 1 is 1.36 bits per heavy atom. The summed E-state index contributed by atoms with van der Waals surface area (Å²) < 4.78 is 0. The third-order valence-corrected chi connectivity index (χ3v) is 1.02. The van der Waals surface area contributed by atoms with Gasteiger partial charge in [0.1, 0.15) is 5.82 Å². The number of nitrogens with one attached hydrogen (secondary N) is 2. The van der Waals surface area contributed by atoms with Gasteiger partial charge in [0.15, 0.2) is 0 Å². The predicted molar refractivity (Wildman–Crippen MR) is 44.6 cm³/mol. The molecular weight excluding hydrogens is 142 g/mol. The number of nitrogens with two attached hydrogens (primary N) is 1. The van der Waals surface area contributed by atoms with E-state index < -0.39 is 0 Å². The SMILES string of the molecule is CCNC(=O)/C=C(/N)NCC. The maximum absolute atomic E-state index is 10.8. The van der Waals surface area contributed by atoms with Crippen LogP contribution in [0.2, 0.25) is 0 Å². The Labute approximate surface area is 66.8 Å². The molecule has 4 nitrogen and oxygen atoms in total. The first-order chi connectivity index (χ1) is 5.20. The Balaban J connectivity index is 3.76. The summed E-state index contributed by atoms with van der Waals surface area (Å²) in [5.41, 5.74) is 5.40. The van der Waals surface area contributed by atoms with Crippen molar-refractivity contribution < 1.29 is 4.79 Å². The fourth-order valence-corrected chi connectivity index (χ4v) is 0.622. The zero-order valence-electron chi connectivity index (χ0n) is 6.98. The van der Waals surface area contributed by atoms with Crippen LogP contribution < -0.4 is 16.4 Å². The normalized spacial score (nSPS) is 10.9. The van der Waals surface area contributed by atoms with Gasteiger partial charge in [0.25, 0.3) is 0 Å². The number of hydrogen-bond acceptors (Lipinski definition) is 3. The number of carbonyl (C=O) groups is 1. The summed E-state index contributed by atoms with van der Waals surface area (Å²) in [4.78, 5) is 10.8. The van der Waals surface area contributed by atoms with Crippen LogP contribution >= 0.6 is 0 Å². The zero-order valence-corrected chi connectivity index (χ0v) is 6.98. The molecule has 0 aromatic carbocycles. The molecule has 0 atom stereocenters. The lowest BCUT2D eigenvalue weighted by molar-refractivity contribution is -0.116. The van der Waals surface area contributed by atoms with Crippen molar-refractivity contribution in [1.82, 2.24) is 10.6 Å². The van der Waals surface area contributed by atoms with Gasteiger partial charge < -0.3 is 16.4 Å². The first-order valence-corrected chi connectivity index (χ1v) is 3.69. The number of rotatable bonds is 4. The molecule has 0 saturated heterocycles. The molecule has 0 fully saturated rings. The van der Waals surface area contributed by atoms with E-state index in [1.807, 2.05) is 13.8 Å². The van der Waals surface area contributed by atoms with Crippen LogP contribution in [0.5, 0.6) is 0 Å². The highest BCUT2D eigenvalue weighted by Gasteiger charge is 1.93. The van der Waals surface area contributed by atoms with Crippen molar-refractivity contribution in [3.05, 3.63) is 11.9 Å². The monoisotopic (exact) mass is 157 g/mol. The van der Waals surface area contributed by atoms with Crippen LogP contribution in [0.3, 0.4) is 0 Å². The second-order valence-electron chi connectivity index (χ2n) is 2.02. The van der Waals surface area contributed by atoms with Crippen molar-refractivity contribution in [2.24, 2.45) is 5.73 Å². The van der Waals surface area contributed by atoms with Crippen LogP contribution in [0, 0.1) is 0 Å². The van der Waals surface area contributed by atoms with Gasteiger partial charge >= 0.3 is 0 Å². The second kappa shape index (κ2) is 5.58. The third kappa shape index (κ3) is 5.26. The Morgan fingerprint density at radius 2 is 1.91 bits per heavy atom. The van der Waals surface area contributed by atoms with E-state index in [1.165, 1.54) is 6.08 Å². The van der Waals surface area contributed by atoms with E-state index in [-0.39, 0.29) is 5.91 Å². The van der Waals surface area contributed by atoms with Crippen molar-refractivity contribution >= 4 is 5.91 Å². The molecule has 0 aliphatic rings. The van der Waals surface area contributed by atoms with E-state index in [4.69, 9.17) is 5.73 Å². The quantitative estimate of drug-likeness (QED) is 0.483. The van der Waals surface area contributed by atoms with Gasteiger partial charge in [-0.15, -0.1) is 0 Å². The lowest BCUT2D eigenvalue weighted by Crippen LogP contribution is -2.26. The van der Waals surface area contributed by atoms with E-state index in [1.54, 1.807) is 0 Å². The highest BCUT2D eigenvalue weighted by molar-refractivity contribution is 5.87. The Kier molecular flexibility index (Phi) is 4.98. The minimum atomic E-state index is -0.161. The van der Waals surface area contributed by atoms with Crippen LogP contribution in [-0.4, -0.2) is 19.0 Å². The van der Waals surface area contributed by atoms with Gasteiger partial charge in [-0.05, 0) is 13.8 Å².